The Bertz CT molecular complexity index is 1090. The number of rotatable bonds is 5. The number of carbonyl (C=O) groups is 1. The summed E-state index contributed by atoms with van der Waals surface area (Å²) in [5.41, 5.74) is 1.56. The standard InChI is InChI=1S/C20H15IN2O2S2/c1-26-14-8-9-17-18(11-14)27-20(22-17)23(12-13-5-4-10-25-13)19(24)15-6-2-3-7-16(15)21/h2-11H,12H2,1H3. The van der Waals surface area contributed by atoms with E-state index in [1.54, 1.807) is 22.9 Å². The van der Waals surface area contributed by atoms with E-state index >= 15 is 0 Å². The normalized spacial score (nSPS) is 11.0. The topological polar surface area (TPSA) is 46.3 Å². The van der Waals surface area contributed by atoms with Gasteiger partial charge in [-0.2, -0.15) is 0 Å². The molecule has 2 aromatic heterocycles. The molecule has 4 aromatic rings. The third-order valence-electron chi connectivity index (χ3n) is 4.06. The Morgan fingerprint density at radius 1 is 1.22 bits per heavy atom. The van der Waals surface area contributed by atoms with Crippen molar-refractivity contribution < 1.29 is 9.21 Å². The average Bonchev–Trinajstić information content (AvgIpc) is 3.34. The number of halogens is 1. The fourth-order valence-corrected chi connectivity index (χ4v) is 4.83. The van der Waals surface area contributed by atoms with Crippen molar-refractivity contribution in [3.8, 4) is 0 Å². The third kappa shape index (κ3) is 3.90. The monoisotopic (exact) mass is 506 g/mol. The van der Waals surface area contributed by atoms with Gasteiger partial charge in [0, 0.05) is 8.47 Å². The number of furan rings is 1. The van der Waals surface area contributed by atoms with Gasteiger partial charge >= 0.3 is 0 Å². The lowest BCUT2D eigenvalue weighted by atomic mass is 10.2. The van der Waals surface area contributed by atoms with E-state index in [1.807, 2.05) is 48.7 Å². The number of thioether (sulfide) groups is 1. The van der Waals surface area contributed by atoms with E-state index in [4.69, 9.17) is 9.40 Å². The summed E-state index contributed by atoms with van der Waals surface area (Å²) in [6.07, 6.45) is 3.67. The van der Waals surface area contributed by atoms with Gasteiger partial charge in [-0.1, -0.05) is 23.5 Å². The van der Waals surface area contributed by atoms with Crippen LogP contribution in [-0.2, 0) is 6.54 Å². The Balaban J connectivity index is 1.78. The number of amides is 1. The zero-order chi connectivity index (χ0) is 18.8. The molecule has 1 amide bonds. The Labute approximate surface area is 178 Å². The number of anilines is 1. The minimum Gasteiger partial charge on any atom is -0.467 e. The SMILES string of the molecule is CSc1ccc2nc(N(Cc3ccco3)C(=O)c3ccccc3I)sc2c1. The summed E-state index contributed by atoms with van der Waals surface area (Å²) in [4.78, 5) is 20.9. The molecule has 0 aliphatic heterocycles. The average molecular weight is 506 g/mol. The predicted molar refractivity (Wildman–Crippen MR) is 120 cm³/mol. The van der Waals surface area contributed by atoms with Crippen LogP contribution < -0.4 is 4.90 Å². The van der Waals surface area contributed by atoms with Crippen molar-refractivity contribution in [2.45, 2.75) is 11.4 Å². The molecule has 4 rings (SSSR count). The van der Waals surface area contributed by atoms with Gasteiger partial charge < -0.3 is 4.42 Å². The maximum absolute atomic E-state index is 13.3. The molecule has 0 fully saturated rings. The number of aromatic nitrogens is 1. The van der Waals surface area contributed by atoms with Crippen molar-refractivity contribution in [3.63, 3.8) is 0 Å². The Kier molecular flexibility index (Phi) is 5.51. The molecule has 0 atom stereocenters. The molecule has 27 heavy (non-hydrogen) atoms. The number of thiazole rings is 1. The molecule has 7 heteroatoms. The van der Waals surface area contributed by atoms with Crippen LogP contribution >= 0.6 is 45.7 Å². The first kappa shape index (κ1) is 18.5. The highest BCUT2D eigenvalue weighted by atomic mass is 127. The van der Waals surface area contributed by atoms with Crippen LogP contribution in [0, 0.1) is 3.57 Å². The maximum Gasteiger partial charge on any atom is 0.261 e. The van der Waals surface area contributed by atoms with Crippen LogP contribution in [0.2, 0.25) is 0 Å². The predicted octanol–water partition coefficient (Wildman–Crippen LogP) is 6.06. The summed E-state index contributed by atoms with van der Waals surface area (Å²) >= 11 is 5.41. The highest BCUT2D eigenvalue weighted by Crippen LogP contribution is 2.33. The second-order valence-electron chi connectivity index (χ2n) is 5.78. The van der Waals surface area contributed by atoms with Crippen molar-refractivity contribution in [1.29, 1.82) is 0 Å². The van der Waals surface area contributed by atoms with Crippen LogP contribution in [0.15, 0.2) is 70.2 Å². The van der Waals surface area contributed by atoms with Gasteiger partial charge in [0.2, 0.25) is 0 Å². The molecule has 0 unspecified atom stereocenters. The fourth-order valence-electron chi connectivity index (χ4n) is 2.70. The third-order valence-corrected chi connectivity index (χ3v) is 6.77. The molecule has 4 nitrogen and oxygen atoms in total. The van der Waals surface area contributed by atoms with Crippen LogP contribution in [0.25, 0.3) is 10.2 Å². The molecule has 0 bridgehead atoms. The van der Waals surface area contributed by atoms with Crippen molar-refractivity contribution >= 4 is 66.9 Å². The van der Waals surface area contributed by atoms with Gasteiger partial charge in [0.25, 0.3) is 5.91 Å². The van der Waals surface area contributed by atoms with E-state index in [0.29, 0.717) is 17.2 Å². The first-order valence-corrected chi connectivity index (χ1v) is 11.3. The summed E-state index contributed by atoms with van der Waals surface area (Å²) < 4.78 is 7.47. The zero-order valence-corrected chi connectivity index (χ0v) is 18.2. The molecular formula is C20H15IN2O2S2. The summed E-state index contributed by atoms with van der Waals surface area (Å²) in [6.45, 7) is 0.339. The van der Waals surface area contributed by atoms with Gasteiger partial charge in [-0.25, -0.2) is 4.98 Å². The van der Waals surface area contributed by atoms with E-state index < -0.39 is 0 Å². The molecule has 2 aromatic carbocycles. The van der Waals surface area contributed by atoms with Crippen LogP contribution in [-0.4, -0.2) is 17.1 Å². The van der Waals surface area contributed by atoms with Gasteiger partial charge in [-0.05, 0) is 71.3 Å². The van der Waals surface area contributed by atoms with Crippen LogP contribution in [0.5, 0.6) is 0 Å². The molecule has 0 aliphatic carbocycles. The maximum atomic E-state index is 13.3. The summed E-state index contributed by atoms with van der Waals surface area (Å²) in [7, 11) is 0. The molecule has 0 spiro atoms. The van der Waals surface area contributed by atoms with Crippen LogP contribution in [0.3, 0.4) is 0 Å². The Hall–Kier alpha value is -1.84. The van der Waals surface area contributed by atoms with E-state index in [0.717, 1.165) is 19.5 Å². The second-order valence-corrected chi connectivity index (χ2v) is 8.83. The molecule has 0 saturated heterocycles. The molecule has 0 radical (unpaired) electrons. The van der Waals surface area contributed by atoms with Gasteiger partial charge in [-0.15, -0.1) is 11.8 Å². The minimum absolute atomic E-state index is 0.0828. The van der Waals surface area contributed by atoms with Crippen molar-refractivity contribution in [2.75, 3.05) is 11.2 Å². The van der Waals surface area contributed by atoms with Gasteiger partial charge in [0.1, 0.15) is 5.76 Å². The van der Waals surface area contributed by atoms with Crippen molar-refractivity contribution in [1.82, 2.24) is 4.98 Å². The van der Waals surface area contributed by atoms with Crippen molar-refractivity contribution in [3.05, 3.63) is 75.8 Å². The summed E-state index contributed by atoms with van der Waals surface area (Å²) in [5.74, 6) is 0.638. The lowest BCUT2D eigenvalue weighted by Gasteiger charge is -2.19. The summed E-state index contributed by atoms with van der Waals surface area (Å²) in [6, 6.07) is 17.4. The van der Waals surface area contributed by atoms with Gasteiger partial charge in [0.05, 0.1) is 28.6 Å². The number of carbonyl (C=O) groups excluding carboxylic acids is 1. The Morgan fingerprint density at radius 2 is 2.07 bits per heavy atom. The first-order valence-electron chi connectivity index (χ1n) is 8.19. The first-order chi connectivity index (χ1) is 13.2. The quantitative estimate of drug-likeness (QED) is 0.244. The number of hydrogen-bond donors (Lipinski definition) is 0. The smallest absolute Gasteiger partial charge is 0.261 e. The van der Waals surface area contributed by atoms with E-state index in [-0.39, 0.29) is 5.91 Å². The molecule has 2 heterocycles. The van der Waals surface area contributed by atoms with Crippen LogP contribution in [0.4, 0.5) is 5.13 Å². The molecule has 0 aliphatic rings. The van der Waals surface area contributed by atoms with Gasteiger partial charge in [0.15, 0.2) is 5.13 Å². The van der Waals surface area contributed by atoms with Crippen molar-refractivity contribution in [2.24, 2.45) is 0 Å². The molecular weight excluding hydrogens is 491 g/mol. The van der Waals surface area contributed by atoms with Gasteiger partial charge in [-0.3, -0.25) is 9.69 Å². The number of benzene rings is 2. The second kappa shape index (κ2) is 8.04. The number of nitrogens with zero attached hydrogens (tertiary/aromatic N) is 2. The lowest BCUT2D eigenvalue weighted by Crippen LogP contribution is -2.30. The van der Waals surface area contributed by atoms with Crippen LogP contribution in [0.1, 0.15) is 16.1 Å². The molecule has 136 valence electrons. The Morgan fingerprint density at radius 3 is 2.81 bits per heavy atom. The largest absolute Gasteiger partial charge is 0.467 e. The summed E-state index contributed by atoms with van der Waals surface area (Å²) in [5, 5.41) is 0.671. The lowest BCUT2D eigenvalue weighted by molar-refractivity contribution is 0.0982. The van der Waals surface area contributed by atoms with E-state index in [2.05, 4.69) is 34.7 Å². The molecule has 0 N–H and O–H groups in total. The fraction of sp³-hybridized carbons (Fsp3) is 0.100. The van der Waals surface area contributed by atoms with E-state index in [1.165, 1.54) is 16.2 Å². The number of hydrogen-bond acceptors (Lipinski definition) is 5. The van der Waals surface area contributed by atoms with E-state index in [9.17, 15) is 4.79 Å². The molecule has 0 saturated carbocycles. The highest BCUT2D eigenvalue weighted by Gasteiger charge is 2.24. The number of fused-ring (bicyclic) bond motifs is 1. The minimum atomic E-state index is -0.0828. The highest BCUT2D eigenvalue weighted by molar-refractivity contribution is 14.1. The zero-order valence-electron chi connectivity index (χ0n) is 14.4.